The molecule has 1 fully saturated rings. The van der Waals surface area contributed by atoms with E-state index < -0.39 is 5.82 Å². The van der Waals surface area contributed by atoms with Gasteiger partial charge in [-0.15, -0.1) is 0 Å². The van der Waals surface area contributed by atoms with E-state index in [1.165, 1.54) is 0 Å². The van der Waals surface area contributed by atoms with Crippen LogP contribution in [0.25, 0.3) is 0 Å². The molecular weight excluding hydrogens is 243 g/mol. The molecule has 0 bridgehead atoms. The highest BCUT2D eigenvalue weighted by Crippen LogP contribution is 2.26. The lowest BCUT2D eigenvalue weighted by Crippen LogP contribution is -2.44. The number of benzene rings is 1. The molecule has 17 heavy (non-hydrogen) atoms. The van der Waals surface area contributed by atoms with E-state index in [1.54, 1.807) is 6.07 Å². The summed E-state index contributed by atoms with van der Waals surface area (Å²) in [6.45, 7) is 4.76. The number of rotatable bonds is 3. The SMILES string of the molecule is Oc1c(F)cc(Cl)cc1CCN1CCNCC1. The molecule has 5 heteroatoms. The number of phenols is 1. The summed E-state index contributed by atoms with van der Waals surface area (Å²) in [5, 5.41) is 13.2. The van der Waals surface area contributed by atoms with Crippen LogP contribution in [-0.4, -0.2) is 42.7 Å². The van der Waals surface area contributed by atoms with Crippen molar-refractivity contribution in [3.05, 3.63) is 28.5 Å². The number of halogens is 2. The second-order valence-electron chi connectivity index (χ2n) is 4.24. The summed E-state index contributed by atoms with van der Waals surface area (Å²) in [6.07, 6.45) is 0.614. The predicted octanol–water partition coefficient (Wildman–Crippen LogP) is 1.63. The van der Waals surface area contributed by atoms with Gasteiger partial charge in [0.2, 0.25) is 0 Å². The van der Waals surface area contributed by atoms with E-state index in [-0.39, 0.29) is 5.75 Å². The molecule has 0 spiro atoms. The van der Waals surface area contributed by atoms with Crippen molar-refractivity contribution < 1.29 is 9.50 Å². The maximum atomic E-state index is 13.2. The molecule has 0 saturated carbocycles. The van der Waals surface area contributed by atoms with E-state index >= 15 is 0 Å². The predicted molar refractivity (Wildman–Crippen MR) is 66.1 cm³/mol. The third-order valence-electron chi connectivity index (χ3n) is 3.01. The first kappa shape index (κ1) is 12.6. The first-order chi connectivity index (χ1) is 8.16. The Hall–Kier alpha value is -0.840. The Morgan fingerprint density at radius 2 is 2.06 bits per heavy atom. The van der Waals surface area contributed by atoms with Crippen molar-refractivity contribution >= 4 is 11.6 Å². The Labute approximate surface area is 105 Å². The Balaban J connectivity index is 1.98. The van der Waals surface area contributed by atoms with Gasteiger partial charge in [-0.2, -0.15) is 0 Å². The van der Waals surface area contributed by atoms with Gasteiger partial charge in [0.15, 0.2) is 11.6 Å². The van der Waals surface area contributed by atoms with Gasteiger partial charge in [0.1, 0.15) is 0 Å². The van der Waals surface area contributed by atoms with Crippen LogP contribution in [0.5, 0.6) is 5.75 Å². The lowest BCUT2D eigenvalue weighted by molar-refractivity contribution is 0.243. The summed E-state index contributed by atoms with van der Waals surface area (Å²) in [5.41, 5.74) is 0.577. The molecule has 0 aliphatic carbocycles. The highest BCUT2D eigenvalue weighted by Gasteiger charge is 2.13. The molecule has 1 aromatic rings. The standard InChI is InChI=1S/C12H16ClFN2O/c13-10-7-9(12(17)11(14)8-10)1-4-16-5-2-15-3-6-16/h7-8,15,17H,1-6H2. The molecule has 0 aromatic heterocycles. The van der Waals surface area contributed by atoms with E-state index in [0.29, 0.717) is 17.0 Å². The quantitative estimate of drug-likeness (QED) is 0.865. The average molecular weight is 259 g/mol. The van der Waals surface area contributed by atoms with Crippen molar-refractivity contribution in [2.45, 2.75) is 6.42 Å². The normalized spacial score (nSPS) is 17.3. The fraction of sp³-hybridized carbons (Fsp3) is 0.500. The molecule has 0 radical (unpaired) electrons. The molecule has 1 heterocycles. The van der Waals surface area contributed by atoms with Gasteiger partial charge in [0, 0.05) is 37.7 Å². The van der Waals surface area contributed by atoms with Crippen LogP contribution in [0.3, 0.4) is 0 Å². The fourth-order valence-electron chi connectivity index (χ4n) is 2.02. The van der Waals surface area contributed by atoms with Crippen molar-refractivity contribution in [2.24, 2.45) is 0 Å². The maximum Gasteiger partial charge on any atom is 0.166 e. The van der Waals surface area contributed by atoms with Crippen molar-refractivity contribution in [1.29, 1.82) is 0 Å². The third-order valence-corrected chi connectivity index (χ3v) is 3.23. The molecule has 0 unspecified atom stereocenters. The molecule has 1 aliphatic rings. The highest BCUT2D eigenvalue weighted by molar-refractivity contribution is 6.30. The molecular formula is C12H16ClFN2O. The summed E-state index contributed by atoms with van der Waals surface area (Å²) in [6, 6.07) is 2.76. The first-order valence-corrected chi connectivity index (χ1v) is 6.14. The number of nitrogens with zero attached hydrogens (tertiary/aromatic N) is 1. The Morgan fingerprint density at radius 1 is 1.35 bits per heavy atom. The molecule has 3 nitrogen and oxygen atoms in total. The minimum absolute atomic E-state index is 0.274. The molecule has 0 amide bonds. The minimum Gasteiger partial charge on any atom is -0.505 e. The zero-order valence-electron chi connectivity index (χ0n) is 9.55. The molecule has 1 saturated heterocycles. The maximum absolute atomic E-state index is 13.2. The Kier molecular flexibility index (Phi) is 4.20. The zero-order valence-corrected chi connectivity index (χ0v) is 10.3. The van der Waals surface area contributed by atoms with Crippen LogP contribution in [0.15, 0.2) is 12.1 Å². The van der Waals surface area contributed by atoms with Crippen LogP contribution in [0, 0.1) is 5.82 Å². The summed E-state index contributed by atoms with van der Waals surface area (Å²) >= 11 is 5.77. The van der Waals surface area contributed by atoms with Gasteiger partial charge in [0.05, 0.1) is 0 Å². The molecule has 94 valence electrons. The third kappa shape index (κ3) is 3.31. The monoisotopic (exact) mass is 258 g/mol. The summed E-state index contributed by atoms with van der Waals surface area (Å²) in [4.78, 5) is 2.29. The number of hydrogen-bond acceptors (Lipinski definition) is 3. The van der Waals surface area contributed by atoms with Gasteiger partial charge in [-0.1, -0.05) is 11.6 Å². The first-order valence-electron chi connectivity index (χ1n) is 5.77. The van der Waals surface area contributed by atoms with E-state index in [9.17, 15) is 9.50 Å². The zero-order chi connectivity index (χ0) is 12.3. The van der Waals surface area contributed by atoms with Crippen molar-refractivity contribution in [2.75, 3.05) is 32.7 Å². The van der Waals surface area contributed by atoms with E-state index in [4.69, 9.17) is 11.6 Å². The number of phenolic OH excluding ortho intramolecular Hbond substituents is 1. The molecule has 1 aliphatic heterocycles. The smallest absolute Gasteiger partial charge is 0.166 e. The van der Waals surface area contributed by atoms with Gasteiger partial charge < -0.3 is 15.3 Å². The lowest BCUT2D eigenvalue weighted by Gasteiger charge is -2.27. The van der Waals surface area contributed by atoms with E-state index in [1.807, 2.05) is 0 Å². The topological polar surface area (TPSA) is 35.5 Å². The largest absolute Gasteiger partial charge is 0.505 e. The molecule has 0 atom stereocenters. The summed E-state index contributed by atoms with van der Waals surface area (Å²) in [7, 11) is 0. The van der Waals surface area contributed by atoms with Crippen molar-refractivity contribution in [3.8, 4) is 5.75 Å². The Bertz CT molecular complexity index is 394. The van der Waals surface area contributed by atoms with E-state index in [0.717, 1.165) is 38.8 Å². The van der Waals surface area contributed by atoms with E-state index in [2.05, 4.69) is 10.2 Å². The summed E-state index contributed by atoms with van der Waals surface area (Å²) in [5.74, 6) is -0.919. The second-order valence-corrected chi connectivity index (χ2v) is 4.67. The number of piperazine rings is 1. The number of nitrogens with one attached hydrogen (secondary N) is 1. The van der Waals surface area contributed by atoms with Crippen LogP contribution in [0.4, 0.5) is 4.39 Å². The van der Waals surface area contributed by atoms with Crippen molar-refractivity contribution in [1.82, 2.24) is 10.2 Å². The Morgan fingerprint density at radius 3 is 2.76 bits per heavy atom. The van der Waals surface area contributed by atoms with Gasteiger partial charge in [-0.25, -0.2) is 4.39 Å². The van der Waals surface area contributed by atoms with Crippen LogP contribution in [-0.2, 0) is 6.42 Å². The molecule has 2 N–H and O–H groups in total. The second kappa shape index (κ2) is 5.67. The fourth-order valence-corrected chi connectivity index (χ4v) is 2.25. The van der Waals surface area contributed by atoms with Crippen LogP contribution >= 0.6 is 11.6 Å². The summed E-state index contributed by atoms with van der Waals surface area (Å²) < 4.78 is 13.2. The number of aromatic hydroxyl groups is 1. The number of hydrogen-bond donors (Lipinski definition) is 2. The minimum atomic E-state index is -0.646. The van der Waals surface area contributed by atoms with Crippen LogP contribution in [0.2, 0.25) is 5.02 Å². The van der Waals surface area contributed by atoms with Crippen molar-refractivity contribution in [3.63, 3.8) is 0 Å². The van der Waals surface area contributed by atoms with Crippen LogP contribution < -0.4 is 5.32 Å². The molecule has 1 aromatic carbocycles. The van der Waals surface area contributed by atoms with Gasteiger partial charge >= 0.3 is 0 Å². The molecule has 2 rings (SSSR count). The van der Waals surface area contributed by atoms with Gasteiger partial charge in [-0.05, 0) is 24.1 Å². The highest BCUT2D eigenvalue weighted by atomic mass is 35.5. The van der Waals surface area contributed by atoms with Gasteiger partial charge in [0.25, 0.3) is 0 Å². The van der Waals surface area contributed by atoms with Crippen LogP contribution in [0.1, 0.15) is 5.56 Å². The average Bonchev–Trinajstić information content (AvgIpc) is 2.33. The lowest BCUT2D eigenvalue weighted by atomic mass is 10.1. The van der Waals surface area contributed by atoms with Gasteiger partial charge in [-0.3, -0.25) is 0 Å².